The molecule has 10 heteroatoms. The van der Waals surface area contributed by atoms with E-state index >= 15 is 0 Å². The van der Waals surface area contributed by atoms with Gasteiger partial charge in [-0.1, -0.05) is 31.4 Å². The van der Waals surface area contributed by atoms with Crippen LogP contribution in [0.15, 0.2) is 36.4 Å². The normalized spacial score (nSPS) is 14.8. The number of aromatic nitrogens is 3. The van der Waals surface area contributed by atoms with Crippen LogP contribution in [0.1, 0.15) is 43.2 Å². The van der Waals surface area contributed by atoms with Gasteiger partial charge in [0, 0.05) is 19.1 Å². The summed E-state index contributed by atoms with van der Waals surface area (Å²) in [6.07, 6.45) is 5.99. The molecular formula is C26H32N6O4. The molecule has 10 nitrogen and oxygen atoms in total. The number of nitrogens with one attached hydrogen (secondary N) is 3. The van der Waals surface area contributed by atoms with Gasteiger partial charge in [0.1, 0.15) is 0 Å². The monoisotopic (exact) mass is 492 g/mol. The summed E-state index contributed by atoms with van der Waals surface area (Å²) in [7, 11) is 3.25. The van der Waals surface area contributed by atoms with Gasteiger partial charge in [0.15, 0.2) is 23.0 Å². The van der Waals surface area contributed by atoms with Crippen molar-refractivity contribution in [3.8, 4) is 23.0 Å². The summed E-state index contributed by atoms with van der Waals surface area (Å²) in [6, 6.07) is 12.1. The molecule has 1 aromatic heterocycles. The number of methoxy groups -OCH3 is 2. The van der Waals surface area contributed by atoms with Crippen molar-refractivity contribution in [2.24, 2.45) is 0 Å². The van der Waals surface area contributed by atoms with E-state index in [2.05, 4.69) is 30.9 Å². The van der Waals surface area contributed by atoms with Gasteiger partial charge in [-0.2, -0.15) is 15.0 Å². The standard InChI is InChI=1S/C26H32N6O4/c1-33-20-10-8-17(12-22(20)34-2)14-27-24-30-25(32-26(31-24)29-19-6-4-3-5-7-19)28-15-18-9-11-21-23(13-18)36-16-35-21/h8-13,19H,3-7,14-16H2,1-2H3,(H3,27,28,29,30,31,32). The van der Waals surface area contributed by atoms with Crippen LogP contribution in [0.4, 0.5) is 17.8 Å². The van der Waals surface area contributed by atoms with Crippen LogP contribution in [0.25, 0.3) is 0 Å². The van der Waals surface area contributed by atoms with E-state index in [-0.39, 0.29) is 6.79 Å². The Balaban J connectivity index is 1.31. The largest absolute Gasteiger partial charge is 0.493 e. The first-order chi connectivity index (χ1) is 17.7. The summed E-state index contributed by atoms with van der Waals surface area (Å²) in [5.41, 5.74) is 2.06. The second kappa shape index (κ2) is 11.2. The SMILES string of the molecule is COc1ccc(CNc2nc(NCc3ccc4c(c3)OCO4)nc(NC3CCCCC3)n2)cc1OC. The molecule has 0 atom stereocenters. The molecule has 3 N–H and O–H groups in total. The van der Waals surface area contributed by atoms with Gasteiger partial charge in [0.25, 0.3) is 0 Å². The molecule has 1 fully saturated rings. The van der Waals surface area contributed by atoms with Crippen molar-refractivity contribution >= 4 is 17.8 Å². The molecule has 0 bridgehead atoms. The summed E-state index contributed by atoms with van der Waals surface area (Å²) in [4.78, 5) is 13.9. The molecule has 190 valence electrons. The number of benzene rings is 2. The molecule has 0 unspecified atom stereocenters. The van der Waals surface area contributed by atoms with Gasteiger partial charge >= 0.3 is 0 Å². The summed E-state index contributed by atoms with van der Waals surface area (Å²) in [5.74, 6) is 4.44. The van der Waals surface area contributed by atoms with E-state index in [0.717, 1.165) is 35.5 Å². The zero-order valence-electron chi connectivity index (χ0n) is 20.7. The lowest BCUT2D eigenvalue weighted by Gasteiger charge is -2.23. The van der Waals surface area contributed by atoms with Gasteiger partial charge in [-0.25, -0.2) is 0 Å². The van der Waals surface area contributed by atoms with Crippen LogP contribution in [0.2, 0.25) is 0 Å². The molecular weight excluding hydrogens is 460 g/mol. The smallest absolute Gasteiger partial charge is 0.231 e. The predicted molar refractivity (Wildman–Crippen MR) is 137 cm³/mol. The van der Waals surface area contributed by atoms with Crippen molar-refractivity contribution < 1.29 is 18.9 Å². The molecule has 5 rings (SSSR count). The van der Waals surface area contributed by atoms with E-state index in [1.54, 1.807) is 14.2 Å². The Hall–Kier alpha value is -3.95. The molecule has 0 spiro atoms. The lowest BCUT2D eigenvalue weighted by atomic mass is 9.96. The van der Waals surface area contributed by atoms with Crippen molar-refractivity contribution in [2.45, 2.75) is 51.2 Å². The topological polar surface area (TPSA) is 112 Å². The highest BCUT2D eigenvalue weighted by Crippen LogP contribution is 2.33. The van der Waals surface area contributed by atoms with Crippen LogP contribution in [-0.4, -0.2) is 42.0 Å². The van der Waals surface area contributed by atoms with Crippen LogP contribution < -0.4 is 34.9 Å². The Bertz CT molecular complexity index is 1190. The number of hydrogen-bond acceptors (Lipinski definition) is 10. The van der Waals surface area contributed by atoms with E-state index in [1.807, 2.05) is 36.4 Å². The number of hydrogen-bond donors (Lipinski definition) is 3. The highest BCUT2D eigenvalue weighted by Gasteiger charge is 2.17. The van der Waals surface area contributed by atoms with Crippen molar-refractivity contribution in [2.75, 3.05) is 37.0 Å². The molecule has 1 aliphatic heterocycles. The van der Waals surface area contributed by atoms with Crippen LogP contribution >= 0.6 is 0 Å². The maximum atomic E-state index is 5.49. The summed E-state index contributed by atoms with van der Waals surface area (Å²) in [5, 5.41) is 10.2. The number of rotatable bonds is 10. The first kappa shape index (κ1) is 23.8. The van der Waals surface area contributed by atoms with Crippen LogP contribution in [0.5, 0.6) is 23.0 Å². The van der Waals surface area contributed by atoms with Gasteiger partial charge in [0.2, 0.25) is 24.6 Å². The molecule has 2 aliphatic rings. The summed E-state index contributed by atoms with van der Waals surface area (Å²) >= 11 is 0. The minimum atomic E-state index is 0.255. The van der Waals surface area contributed by atoms with Gasteiger partial charge in [-0.15, -0.1) is 0 Å². The summed E-state index contributed by atoms with van der Waals surface area (Å²) in [6.45, 7) is 1.32. The number of anilines is 3. The third-order valence-corrected chi connectivity index (χ3v) is 6.36. The quantitative estimate of drug-likeness (QED) is 0.372. The highest BCUT2D eigenvalue weighted by molar-refractivity contribution is 5.48. The first-order valence-electron chi connectivity index (χ1n) is 12.3. The van der Waals surface area contributed by atoms with Crippen molar-refractivity contribution in [1.82, 2.24) is 15.0 Å². The van der Waals surface area contributed by atoms with E-state index in [0.29, 0.717) is 48.5 Å². The fourth-order valence-electron chi connectivity index (χ4n) is 4.43. The number of ether oxygens (including phenoxy) is 4. The number of nitrogens with zero attached hydrogens (tertiary/aromatic N) is 3. The Morgan fingerprint density at radius 3 is 2.11 bits per heavy atom. The molecule has 0 radical (unpaired) electrons. The highest BCUT2D eigenvalue weighted by atomic mass is 16.7. The average molecular weight is 493 g/mol. The molecule has 36 heavy (non-hydrogen) atoms. The van der Waals surface area contributed by atoms with E-state index in [9.17, 15) is 0 Å². The minimum Gasteiger partial charge on any atom is -0.493 e. The first-order valence-corrected chi connectivity index (χ1v) is 12.3. The van der Waals surface area contributed by atoms with Crippen molar-refractivity contribution in [1.29, 1.82) is 0 Å². The van der Waals surface area contributed by atoms with Gasteiger partial charge in [-0.05, 0) is 48.2 Å². The molecule has 0 amide bonds. The molecule has 2 aromatic carbocycles. The van der Waals surface area contributed by atoms with Crippen molar-refractivity contribution in [3.63, 3.8) is 0 Å². The van der Waals surface area contributed by atoms with Crippen molar-refractivity contribution in [3.05, 3.63) is 47.5 Å². The van der Waals surface area contributed by atoms with Crippen LogP contribution in [0.3, 0.4) is 0 Å². The zero-order valence-corrected chi connectivity index (χ0v) is 20.7. The van der Waals surface area contributed by atoms with Gasteiger partial charge in [-0.3, -0.25) is 0 Å². The Kier molecular flexibility index (Phi) is 7.39. The molecule has 1 saturated carbocycles. The predicted octanol–water partition coefficient (Wildman–Crippen LogP) is 4.59. The van der Waals surface area contributed by atoms with Crippen LogP contribution in [-0.2, 0) is 13.1 Å². The third-order valence-electron chi connectivity index (χ3n) is 6.36. The van der Waals surface area contributed by atoms with Gasteiger partial charge in [0.05, 0.1) is 14.2 Å². The summed E-state index contributed by atoms with van der Waals surface area (Å²) < 4.78 is 21.7. The van der Waals surface area contributed by atoms with E-state index in [1.165, 1.54) is 19.3 Å². The lowest BCUT2D eigenvalue weighted by molar-refractivity contribution is 0.174. The Labute approximate surface area is 210 Å². The fraction of sp³-hybridized carbons (Fsp3) is 0.423. The molecule has 3 aromatic rings. The molecule has 2 heterocycles. The van der Waals surface area contributed by atoms with Gasteiger partial charge < -0.3 is 34.9 Å². The Morgan fingerprint density at radius 2 is 1.39 bits per heavy atom. The molecule has 1 aliphatic carbocycles. The maximum Gasteiger partial charge on any atom is 0.231 e. The minimum absolute atomic E-state index is 0.255. The average Bonchev–Trinajstić information content (AvgIpc) is 3.39. The van der Waals surface area contributed by atoms with E-state index in [4.69, 9.17) is 18.9 Å². The zero-order chi connectivity index (χ0) is 24.7. The molecule has 0 saturated heterocycles. The second-order valence-electron chi connectivity index (χ2n) is 8.87. The van der Waals surface area contributed by atoms with Crippen LogP contribution in [0, 0.1) is 0 Å². The van der Waals surface area contributed by atoms with E-state index < -0.39 is 0 Å². The number of fused-ring (bicyclic) bond motifs is 1. The maximum absolute atomic E-state index is 5.49. The lowest BCUT2D eigenvalue weighted by Crippen LogP contribution is -2.24. The second-order valence-corrected chi connectivity index (χ2v) is 8.87. The third kappa shape index (κ3) is 5.81. The Morgan fingerprint density at radius 1 is 0.750 bits per heavy atom. The fourth-order valence-corrected chi connectivity index (χ4v) is 4.43.